The molecule has 0 fully saturated rings. The first-order valence-electron chi connectivity index (χ1n) is 7.61. The highest BCUT2D eigenvalue weighted by atomic mass is 35.5. The molecule has 1 atom stereocenters. The number of halogens is 3. The number of anilines is 1. The highest BCUT2D eigenvalue weighted by Crippen LogP contribution is 2.43. The average Bonchev–Trinajstić information content (AvgIpc) is 2.59. The van der Waals surface area contributed by atoms with Gasteiger partial charge in [-0.15, -0.1) is 0 Å². The van der Waals surface area contributed by atoms with Crippen molar-refractivity contribution in [2.24, 2.45) is 10.7 Å². The van der Waals surface area contributed by atoms with Crippen molar-refractivity contribution in [1.29, 1.82) is 0 Å². The van der Waals surface area contributed by atoms with Crippen molar-refractivity contribution < 1.29 is 18.3 Å². The van der Waals surface area contributed by atoms with Crippen LogP contribution in [0.25, 0.3) is 0 Å². The van der Waals surface area contributed by atoms with Crippen LogP contribution in [0.5, 0.6) is 0 Å². The lowest BCUT2D eigenvalue weighted by Crippen LogP contribution is -2.50. The van der Waals surface area contributed by atoms with Gasteiger partial charge in [0.1, 0.15) is 5.69 Å². The summed E-state index contributed by atoms with van der Waals surface area (Å²) in [7, 11) is 0. The summed E-state index contributed by atoms with van der Waals surface area (Å²) in [4.78, 5) is 20.0. The Morgan fingerprint density at radius 2 is 2.12 bits per heavy atom. The number of aliphatic imine (C=N–C) groups is 1. The van der Waals surface area contributed by atoms with E-state index in [9.17, 15) is 13.6 Å². The number of hydrogen-bond donors (Lipinski definition) is 2. The van der Waals surface area contributed by atoms with Gasteiger partial charge >= 0.3 is 5.92 Å². The van der Waals surface area contributed by atoms with Crippen molar-refractivity contribution in [2.45, 2.75) is 18.4 Å². The van der Waals surface area contributed by atoms with E-state index in [1.54, 1.807) is 12.1 Å². The first kappa shape index (κ1) is 18.1. The maximum Gasteiger partial charge on any atom is 0.310 e. The van der Waals surface area contributed by atoms with Crippen LogP contribution in [0.2, 0.25) is 5.02 Å². The molecule has 1 unspecified atom stereocenters. The number of nitrogens with two attached hydrogens (primary N) is 1. The molecule has 1 aliphatic rings. The van der Waals surface area contributed by atoms with E-state index in [4.69, 9.17) is 17.3 Å². The van der Waals surface area contributed by atoms with Crippen LogP contribution < -0.4 is 11.1 Å². The minimum Gasteiger partial charge on any atom is -0.459 e. The maximum absolute atomic E-state index is 14.4. The summed E-state index contributed by atoms with van der Waals surface area (Å²) in [6.45, 7) is 0.397. The van der Waals surface area contributed by atoms with Gasteiger partial charge in [0.05, 0.1) is 5.02 Å². The zero-order valence-corrected chi connectivity index (χ0v) is 14.4. The molecule has 2 aromatic rings. The number of nitrogens with one attached hydrogen (secondary N) is 1. The second-order valence-electron chi connectivity index (χ2n) is 5.91. The monoisotopic (exact) mass is 380 g/mol. The molecule has 0 bridgehead atoms. The number of ether oxygens (including phenoxy) is 1. The van der Waals surface area contributed by atoms with Crippen molar-refractivity contribution >= 4 is 29.2 Å². The van der Waals surface area contributed by atoms with Gasteiger partial charge in [0.25, 0.3) is 11.9 Å². The van der Waals surface area contributed by atoms with Crippen LogP contribution in [-0.2, 0) is 10.3 Å². The molecule has 0 spiro atoms. The van der Waals surface area contributed by atoms with Gasteiger partial charge in [-0.2, -0.15) is 8.78 Å². The minimum absolute atomic E-state index is 0.143. The summed E-state index contributed by atoms with van der Waals surface area (Å²) in [5.41, 5.74) is 4.23. The third-order valence-corrected chi connectivity index (χ3v) is 4.31. The van der Waals surface area contributed by atoms with Crippen molar-refractivity contribution in [3.05, 3.63) is 58.9 Å². The SMILES string of the molecule is CC1(c2cccc(NC(=O)c3ccc(Cl)cn3)c2)N=C(N)OCC1(F)F. The summed E-state index contributed by atoms with van der Waals surface area (Å²) in [5.74, 6) is -3.76. The van der Waals surface area contributed by atoms with Gasteiger partial charge in [-0.05, 0) is 36.8 Å². The minimum atomic E-state index is -3.27. The molecule has 0 saturated carbocycles. The number of benzene rings is 1. The van der Waals surface area contributed by atoms with Gasteiger partial charge in [-0.1, -0.05) is 23.7 Å². The number of rotatable bonds is 3. The Kier molecular flexibility index (Phi) is 4.53. The third-order valence-electron chi connectivity index (χ3n) is 4.09. The van der Waals surface area contributed by atoms with E-state index in [0.29, 0.717) is 10.7 Å². The summed E-state index contributed by atoms with van der Waals surface area (Å²) in [6.07, 6.45) is 1.34. The Morgan fingerprint density at radius 1 is 1.35 bits per heavy atom. The van der Waals surface area contributed by atoms with Crippen LogP contribution in [0.15, 0.2) is 47.6 Å². The lowest BCUT2D eigenvalue weighted by Gasteiger charge is -2.37. The van der Waals surface area contributed by atoms with E-state index in [-0.39, 0.29) is 17.3 Å². The molecular formula is C17H15ClF2N4O2. The molecule has 3 N–H and O–H groups in total. The molecule has 1 aliphatic heterocycles. The Labute approximate surface area is 153 Å². The lowest BCUT2D eigenvalue weighted by molar-refractivity contribution is -0.116. The standard InChI is InChI=1S/C17H15ClF2N4O2/c1-16(17(19,20)9-26-15(21)24-16)10-3-2-4-12(7-10)23-14(25)13-6-5-11(18)8-22-13/h2-8H,9H2,1H3,(H2,21,24)(H,23,25). The van der Waals surface area contributed by atoms with Crippen LogP contribution >= 0.6 is 11.6 Å². The highest BCUT2D eigenvalue weighted by molar-refractivity contribution is 6.30. The van der Waals surface area contributed by atoms with Crippen LogP contribution in [0.3, 0.4) is 0 Å². The topological polar surface area (TPSA) is 89.6 Å². The fraction of sp³-hybridized carbons (Fsp3) is 0.235. The number of amides is 1. The summed E-state index contributed by atoms with van der Waals surface area (Å²) < 4.78 is 33.5. The second kappa shape index (κ2) is 6.53. The zero-order valence-electron chi connectivity index (χ0n) is 13.7. The number of alkyl halides is 2. The maximum atomic E-state index is 14.4. The predicted molar refractivity (Wildman–Crippen MR) is 93.5 cm³/mol. The molecule has 6 nitrogen and oxygen atoms in total. The molecule has 9 heteroatoms. The molecule has 1 amide bonds. The third kappa shape index (κ3) is 3.32. The Morgan fingerprint density at radius 3 is 2.81 bits per heavy atom. The van der Waals surface area contributed by atoms with Crippen LogP contribution in [0.1, 0.15) is 23.0 Å². The highest BCUT2D eigenvalue weighted by Gasteiger charge is 2.55. The molecule has 1 aromatic carbocycles. The van der Waals surface area contributed by atoms with Crippen molar-refractivity contribution in [3.8, 4) is 0 Å². The van der Waals surface area contributed by atoms with Gasteiger partial charge < -0.3 is 15.8 Å². The number of carbonyl (C=O) groups excluding carboxylic acids is 1. The number of hydrogen-bond acceptors (Lipinski definition) is 5. The molecule has 136 valence electrons. The molecule has 26 heavy (non-hydrogen) atoms. The number of carbonyl (C=O) groups is 1. The summed E-state index contributed by atoms with van der Waals surface area (Å²) in [6, 6.07) is 8.71. The molecule has 3 rings (SSSR count). The molecule has 1 aromatic heterocycles. The van der Waals surface area contributed by atoms with Gasteiger partial charge in [0, 0.05) is 11.9 Å². The van der Waals surface area contributed by atoms with Crippen LogP contribution in [0.4, 0.5) is 14.5 Å². The molecule has 0 saturated heterocycles. The number of nitrogens with zero attached hydrogens (tertiary/aromatic N) is 2. The zero-order chi connectivity index (χ0) is 18.9. The normalized spacial score (nSPS) is 21.5. The van der Waals surface area contributed by atoms with E-state index in [2.05, 4.69) is 20.0 Å². The van der Waals surface area contributed by atoms with E-state index in [1.165, 1.54) is 37.4 Å². The summed E-state index contributed by atoms with van der Waals surface area (Å²) >= 11 is 5.74. The van der Waals surface area contributed by atoms with Crippen LogP contribution in [0, 0.1) is 0 Å². The Bertz CT molecular complexity index is 873. The van der Waals surface area contributed by atoms with Gasteiger partial charge in [0.2, 0.25) is 0 Å². The Balaban J connectivity index is 1.90. The van der Waals surface area contributed by atoms with E-state index >= 15 is 0 Å². The summed E-state index contributed by atoms with van der Waals surface area (Å²) in [5, 5.41) is 3.01. The first-order chi connectivity index (χ1) is 12.2. The largest absolute Gasteiger partial charge is 0.459 e. The van der Waals surface area contributed by atoms with Gasteiger partial charge in [0.15, 0.2) is 12.1 Å². The molecule has 0 aliphatic carbocycles. The van der Waals surface area contributed by atoms with Gasteiger partial charge in [-0.3, -0.25) is 4.79 Å². The average molecular weight is 381 g/mol. The second-order valence-corrected chi connectivity index (χ2v) is 6.35. The number of amidine groups is 1. The fourth-order valence-corrected chi connectivity index (χ4v) is 2.63. The van der Waals surface area contributed by atoms with Crippen molar-refractivity contribution in [3.63, 3.8) is 0 Å². The number of pyridine rings is 1. The Hall–Kier alpha value is -2.74. The first-order valence-corrected chi connectivity index (χ1v) is 7.98. The quantitative estimate of drug-likeness (QED) is 0.855. The van der Waals surface area contributed by atoms with Crippen LogP contribution in [-0.4, -0.2) is 29.4 Å². The van der Waals surface area contributed by atoms with E-state index in [0.717, 1.165) is 0 Å². The smallest absolute Gasteiger partial charge is 0.310 e. The fourth-order valence-electron chi connectivity index (χ4n) is 2.52. The van der Waals surface area contributed by atoms with Crippen molar-refractivity contribution in [1.82, 2.24) is 4.98 Å². The number of aromatic nitrogens is 1. The molecular weight excluding hydrogens is 366 g/mol. The van der Waals surface area contributed by atoms with Gasteiger partial charge in [-0.25, -0.2) is 9.98 Å². The van der Waals surface area contributed by atoms with E-state index in [1.807, 2.05) is 0 Å². The lowest BCUT2D eigenvalue weighted by atomic mass is 9.85. The molecule has 0 radical (unpaired) electrons. The predicted octanol–water partition coefficient (Wildman–Crippen LogP) is 3.18. The van der Waals surface area contributed by atoms with E-state index < -0.39 is 24.0 Å². The van der Waals surface area contributed by atoms with Crippen molar-refractivity contribution in [2.75, 3.05) is 11.9 Å². The molecule has 2 heterocycles.